The summed E-state index contributed by atoms with van der Waals surface area (Å²) in [6.07, 6.45) is 0. The van der Waals surface area contributed by atoms with Gasteiger partial charge in [-0.15, -0.1) is 12.4 Å². The molecule has 0 fully saturated rings. The van der Waals surface area contributed by atoms with Crippen molar-refractivity contribution in [3.63, 3.8) is 0 Å². The Balaban J connectivity index is 0.00000225. The lowest BCUT2D eigenvalue weighted by molar-refractivity contribution is -0.119. The van der Waals surface area contributed by atoms with Gasteiger partial charge in [-0.25, -0.2) is 4.98 Å². The summed E-state index contributed by atoms with van der Waals surface area (Å²) in [5.41, 5.74) is 3.38. The van der Waals surface area contributed by atoms with Crippen molar-refractivity contribution in [3.05, 3.63) is 77.5 Å². The molecule has 1 N–H and O–H groups in total. The fourth-order valence-corrected chi connectivity index (χ4v) is 3.40. The van der Waals surface area contributed by atoms with Crippen LogP contribution in [0.15, 0.2) is 71.1 Å². The van der Waals surface area contributed by atoms with Crippen molar-refractivity contribution in [1.29, 1.82) is 0 Å². The molecule has 0 aliphatic heterocycles. The number of aromatic nitrogens is 1. The Hall–Kier alpha value is -2.82. The summed E-state index contributed by atoms with van der Waals surface area (Å²) in [4.78, 5) is 15.8. The molecule has 1 amide bonds. The zero-order valence-electron chi connectivity index (χ0n) is 15.1. The SMILES string of the molecule is CC(=O)NCc1ccc(-c2nc3ccccc3c(-c3ccccc3)c2Cl)o1.Cl. The van der Waals surface area contributed by atoms with Gasteiger partial charge in [0.05, 0.1) is 17.1 Å². The second kappa shape index (κ2) is 8.46. The van der Waals surface area contributed by atoms with Gasteiger partial charge in [0.2, 0.25) is 5.91 Å². The molecule has 0 spiro atoms. The fraction of sp³-hybridized carbons (Fsp3) is 0.0909. The van der Waals surface area contributed by atoms with Crippen LogP contribution in [0.4, 0.5) is 0 Å². The maximum absolute atomic E-state index is 11.1. The van der Waals surface area contributed by atoms with Crippen LogP contribution >= 0.6 is 24.0 Å². The molecule has 4 nitrogen and oxygen atoms in total. The summed E-state index contributed by atoms with van der Waals surface area (Å²) in [5.74, 6) is 1.11. The average Bonchev–Trinajstić information content (AvgIpc) is 3.15. The lowest BCUT2D eigenvalue weighted by atomic mass is 9.99. The summed E-state index contributed by atoms with van der Waals surface area (Å²) in [7, 11) is 0. The minimum absolute atomic E-state index is 0. The van der Waals surface area contributed by atoms with E-state index >= 15 is 0 Å². The zero-order chi connectivity index (χ0) is 18.8. The van der Waals surface area contributed by atoms with E-state index in [-0.39, 0.29) is 18.3 Å². The number of pyridine rings is 1. The lowest BCUT2D eigenvalue weighted by Crippen LogP contribution is -2.18. The molecular weight excluding hydrogens is 395 g/mol. The van der Waals surface area contributed by atoms with Crippen LogP contribution in [-0.4, -0.2) is 10.9 Å². The third kappa shape index (κ3) is 3.88. The van der Waals surface area contributed by atoms with E-state index in [1.54, 1.807) is 0 Å². The molecule has 2 aromatic carbocycles. The predicted molar refractivity (Wildman–Crippen MR) is 115 cm³/mol. The first-order chi connectivity index (χ1) is 13.1. The molecule has 0 saturated carbocycles. The molecule has 4 aromatic rings. The van der Waals surface area contributed by atoms with Crippen molar-refractivity contribution in [2.45, 2.75) is 13.5 Å². The summed E-state index contributed by atoms with van der Waals surface area (Å²) >= 11 is 6.80. The Labute approximate surface area is 174 Å². The van der Waals surface area contributed by atoms with Crippen LogP contribution in [-0.2, 0) is 11.3 Å². The van der Waals surface area contributed by atoms with Crippen molar-refractivity contribution in [2.75, 3.05) is 0 Å². The monoisotopic (exact) mass is 412 g/mol. The van der Waals surface area contributed by atoms with Crippen molar-refractivity contribution in [3.8, 4) is 22.6 Å². The Morgan fingerprint density at radius 1 is 1.04 bits per heavy atom. The van der Waals surface area contributed by atoms with Gasteiger partial charge in [0.1, 0.15) is 11.5 Å². The highest BCUT2D eigenvalue weighted by molar-refractivity contribution is 6.37. The summed E-state index contributed by atoms with van der Waals surface area (Å²) in [6, 6.07) is 21.6. The topological polar surface area (TPSA) is 55.1 Å². The Morgan fingerprint density at radius 2 is 1.75 bits per heavy atom. The van der Waals surface area contributed by atoms with E-state index in [1.807, 2.05) is 66.7 Å². The number of carbonyl (C=O) groups is 1. The van der Waals surface area contributed by atoms with Gasteiger partial charge in [-0.1, -0.05) is 60.1 Å². The van der Waals surface area contributed by atoms with E-state index in [0.29, 0.717) is 28.8 Å². The van der Waals surface area contributed by atoms with Crippen LogP contribution in [0.1, 0.15) is 12.7 Å². The number of fused-ring (bicyclic) bond motifs is 1. The highest BCUT2D eigenvalue weighted by atomic mass is 35.5. The second-order valence-corrected chi connectivity index (χ2v) is 6.59. The fourth-order valence-electron chi connectivity index (χ4n) is 3.05. The number of furan rings is 1. The Bertz CT molecular complexity index is 1120. The van der Waals surface area contributed by atoms with Gasteiger partial charge in [-0.2, -0.15) is 0 Å². The second-order valence-electron chi connectivity index (χ2n) is 6.21. The number of amides is 1. The largest absolute Gasteiger partial charge is 0.458 e. The molecule has 0 saturated heterocycles. The van der Waals surface area contributed by atoms with Gasteiger partial charge in [0.15, 0.2) is 5.76 Å². The Morgan fingerprint density at radius 3 is 2.50 bits per heavy atom. The van der Waals surface area contributed by atoms with Crippen molar-refractivity contribution >= 4 is 40.8 Å². The van der Waals surface area contributed by atoms with Gasteiger partial charge in [-0.05, 0) is 23.8 Å². The third-order valence-electron chi connectivity index (χ3n) is 4.30. The van der Waals surface area contributed by atoms with E-state index in [4.69, 9.17) is 21.0 Å². The summed E-state index contributed by atoms with van der Waals surface area (Å²) < 4.78 is 5.88. The maximum atomic E-state index is 11.1. The molecule has 28 heavy (non-hydrogen) atoms. The first-order valence-corrected chi connectivity index (χ1v) is 8.98. The first kappa shape index (κ1) is 19.9. The third-order valence-corrected chi connectivity index (χ3v) is 4.67. The average molecular weight is 413 g/mol. The van der Waals surface area contributed by atoms with Gasteiger partial charge in [0.25, 0.3) is 0 Å². The lowest BCUT2D eigenvalue weighted by Gasteiger charge is -2.12. The first-order valence-electron chi connectivity index (χ1n) is 8.60. The molecule has 0 aliphatic rings. The molecule has 6 heteroatoms. The standard InChI is InChI=1S/C22H17ClN2O2.ClH/c1-14(26)24-13-16-11-12-19(27-16)22-21(23)20(15-7-3-2-4-8-15)17-9-5-6-10-18(17)25-22;/h2-12H,13H2,1H3,(H,24,26);1H. The number of hydrogen-bond donors (Lipinski definition) is 1. The highest BCUT2D eigenvalue weighted by Gasteiger charge is 2.18. The molecule has 0 aliphatic carbocycles. The van der Waals surface area contributed by atoms with Crippen LogP contribution in [0.3, 0.4) is 0 Å². The van der Waals surface area contributed by atoms with E-state index < -0.39 is 0 Å². The van der Waals surface area contributed by atoms with E-state index in [1.165, 1.54) is 6.92 Å². The number of para-hydroxylation sites is 1. The van der Waals surface area contributed by atoms with Crippen LogP contribution in [0.25, 0.3) is 33.5 Å². The van der Waals surface area contributed by atoms with Crippen LogP contribution in [0.5, 0.6) is 0 Å². The van der Waals surface area contributed by atoms with Crippen molar-refractivity contribution in [1.82, 2.24) is 10.3 Å². The predicted octanol–water partition coefficient (Wildman–Crippen LogP) is 5.87. The summed E-state index contributed by atoms with van der Waals surface area (Å²) in [6.45, 7) is 1.80. The molecule has 4 rings (SSSR count). The molecule has 2 heterocycles. The number of halogens is 2. The number of rotatable bonds is 4. The number of nitrogens with one attached hydrogen (secondary N) is 1. The van der Waals surface area contributed by atoms with Crippen LogP contribution in [0.2, 0.25) is 5.02 Å². The van der Waals surface area contributed by atoms with Crippen LogP contribution < -0.4 is 5.32 Å². The quantitative estimate of drug-likeness (QED) is 0.455. The van der Waals surface area contributed by atoms with E-state index in [9.17, 15) is 4.79 Å². The number of benzene rings is 2. The van der Waals surface area contributed by atoms with Gasteiger partial charge < -0.3 is 9.73 Å². The number of nitrogens with zero attached hydrogens (tertiary/aromatic N) is 1. The van der Waals surface area contributed by atoms with Crippen molar-refractivity contribution in [2.24, 2.45) is 0 Å². The van der Waals surface area contributed by atoms with E-state index in [2.05, 4.69) is 5.32 Å². The molecule has 2 aromatic heterocycles. The van der Waals surface area contributed by atoms with Gasteiger partial charge in [-0.3, -0.25) is 4.79 Å². The molecule has 142 valence electrons. The minimum atomic E-state index is -0.110. The van der Waals surface area contributed by atoms with Gasteiger partial charge >= 0.3 is 0 Å². The number of hydrogen-bond acceptors (Lipinski definition) is 3. The summed E-state index contributed by atoms with van der Waals surface area (Å²) in [5, 5.41) is 4.25. The van der Waals surface area contributed by atoms with Crippen LogP contribution in [0, 0.1) is 0 Å². The molecule has 0 unspecified atom stereocenters. The Kier molecular flexibility index (Phi) is 6.02. The molecule has 0 bridgehead atoms. The zero-order valence-corrected chi connectivity index (χ0v) is 16.7. The highest BCUT2D eigenvalue weighted by Crippen LogP contribution is 2.40. The molecular formula is C22H18Cl2N2O2. The molecule has 0 atom stereocenters. The normalized spacial score (nSPS) is 10.5. The van der Waals surface area contributed by atoms with E-state index in [0.717, 1.165) is 22.0 Å². The van der Waals surface area contributed by atoms with Gasteiger partial charge in [0, 0.05) is 17.9 Å². The molecule has 0 radical (unpaired) electrons. The smallest absolute Gasteiger partial charge is 0.217 e. The minimum Gasteiger partial charge on any atom is -0.458 e. The maximum Gasteiger partial charge on any atom is 0.217 e. The number of carbonyl (C=O) groups excluding carboxylic acids is 1. The van der Waals surface area contributed by atoms with Crippen molar-refractivity contribution < 1.29 is 9.21 Å².